The zero-order valence-electron chi connectivity index (χ0n) is 14.0. The maximum atomic E-state index is 12.3. The van der Waals surface area contributed by atoms with Crippen molar-refractivity contribution in [2.45, 2.75) is 39.2 Å². The molecule has 2 rings (SSSR count). The topological polar surface area (TPSA) is 70.7 Å². The highest BCUT2D eigenvalue weighted by Gasteiger charge is 2.21. The number of benzene rings is 1. The van der Waals surface area contributed by atoms with Crippen molar-refractivity contribution in [3.63, 3.8) is 0 Å². The van der Waals surface area contributed by atoms with Gasteiger partial charge in [0.05, 0.1) is 19.3 Å². The van der Waals surface area contributed by atoms with Gasteiger partial charge in [-0.05, 0) is 44.5 Å². The van der Waals surface area contributed by atoms with Gasteiger partial charge < -0.3 is 15.4 Å². The number of methoxy groups -OCH3 is 1. The lowest BCUT2D eigenvalue weighted by Crippen LogP contribution is -2.42. The van der Waals surface area contributed by atoms with Gasteiger partial charge in [0, 0.05) is 18.7 Å². The predicted molar refractivity (Wildman–Crippen MR) is 90.8 cm³/mol. The van der Waals surface area contributed by atoms with E-state index in [0.29, 0.717) is 29.7 Å². The molecular weight excluding hydrogens is 294 g/mol. The highest BCUT2D eigenvalue weighted by molar-refractivity contribution is 5.95. The molecule has 2 amide bonds. The SMILES string of the molecule is COc1ccc(NC(C)=O)cc1NC(=O)CN1CCCC[C@H]1C. The molecule has 1 aromatic rings. The molecule has 126 valence electrons. The quantitative estimate of drug-likeness (QED) is 0.874. The Bertz CT molecular complexity index is 574. The van der Waals surface area contributed by atoms with Gasteiger partial charge in [0.1, 0.15) is 5.75 Å². The maximum absolute atomic E-state index is 12.3. The fourth-order valence-electron chi connectivity index (χ4n) is 2.85. The Morgan fingerprint density at radius 1 is 1.30 bits per heavy atom. The molecule has 0 spiro atoms. The van der Waals surface area contributed by atoms with Gasteiger partial charge in [0.15, 0.2) is 0 Å². The van der Waals surface area contributed by atoms with Crippen LogP contribution in [0.4, 0.5) is 11.4 Å². The van der Waals surface area contributed by atoms with E-state index in [-0.39, 0.29) is 11.8 Å². The van der Waals surface area contributed by atoms with Crippen LogP contribution in [-0.4, -0.2) is 43.0 Å². The van der Waals surface area contributed by atoms with Crippen LogP contribution in [-0.2, 0) is 9.59 Å². The van der Waals surface area contributed by atoms with Crippen LogP contribution in [0.25, 0.3) is 0 Å². The Morgan fingerprint density at radius 3 is 2.74 bits per heavy atom. The van der Waals surface area contributed by atoms with Gasteiger partial charge in [0.2, 0.25) is 11.8 Å². The number of amides is 2. The van der Waals surface area contributed by atoms with Gasteiger partial charge in [-0.1, -0.05) is 6.42 Å². The van der Waals surface area contributed by atoms with Crippen molar-refractivity contribution in [3.05, 3.63) is 18.2 Å². The van der Waals surface area contributed by atoms with E-state index in [1.165, 1.54) is 13.3 Å². The summed E-state index contributed by atoms with van der Waals surface area (Å²) in [6.07, 6.45) is 3.50. The first-order valence-electron chi connectivity index (χ1n) is 7.99. The minimum absolute atomic E-state index is 0.0722. The van der Waals surface area contributed by atoms with Crippen molar-refractivity contribution in [1.29, 1.82) is 0 Å². The molecule has 0 aliphatic carbocycles. The van der Waals surface area contributed by atoms with E-state index in [9.17, 15) is 9.59 Å². The van der Waals surface area contributed by atoms with Crippen LogP contribution in [0.3, 0.4) is 0 Å². The molecule has 23 heavy (non-hydrogen) atoms. The third-order valence-electron chi connectivity index (χ3n) is 4.08. The van der Waals surface area contributed by atoms with Gasteiger partial charge in [-0.15, -0.1) is 0 Å². The Morgan fingerprint density at radius 2 is 2.09 bits per heavy atom. The lowest BCUT2D eigenvalue weighted by atomic mass is 10.0. The van der Waals surface area contributed by atoms with Crippen LogP contribution >= 0.6 is 0 Å². The molecule has 0 aromatic heterocycles. The first-order chi connectivity index (χ1) is 11.0. The molecule has 6 nitrogen and oxygen atoms in total. The van der Waals surface area contributed by atoms with Crippen LogP contribution < -0.4 is 15.4 Å². The van der Waals surface area contributed by atoms with Crippen molar-refractivity contribution in [1.82, 2.24) is 4.90 Å². The number of hydrogen-bond acceptors (Lipinski definition) is 4. The third-order valence-corrected chi connectivity index (χ3v) is 4.08. The summed E-state index contributed by atoms with van der Waals surface area (Å²) in [6, 6.07) is 5.60. The van der Waals surface area contributed by atoms with E-state index in [1.807, 2.05) is 0 Å². The standard InChI is InChI=1S/C17H25N3O3/c1-12-6-4-5-9-20(12)11-17(22)19-15-10-14(18-13(2)21)7-8-16(15)23-3/h7-8,10,12H,4-6,9,11H2,1-3H3,(H,18,21)(H,19,22)/t12-/m1/s1. The van der Waals surface area contributed by atoms with Gasteiger partial charge in [-0.2, -0.15) is 0 Å². The zero-order chi connectivity index (χ0) is 16.8. The average molecular weight is 319 g/mol. The molecular formula is C17H25N3O3. The lowest BCUT2D eigenvalue weighted by molar-refractivity contribution is -0.118. The van der Waals surface area contributed by atoms with Gasteiger partial charge in [-0.3, -0.25) is 14.5 Å². The van der Waals surface area contributed by atoms with Crippen molar-refractivity contribution in [2.24, 2.45) is 0 Å². The molecule has 6 heteroatoms. The van der Waals surface area contributed by atoms with Crippen molar-refractivity contribution in [3.8, 4) is 5.75 Å². The van der Waals surface area contributed by atoms with Gasteiger partial charge >= 0.3 is 0 Å². The van der Waals surface area contributed by atoms with E-state index < -0.39 is 0 Å². The molecule has 1 aliphatic rings. The Kier molecular flexibility index (Phi) is 5.98. The number of anilines is 2. The normalized spacial score (nSPS) is 18.3. The minimum Gasteiger partial charge on any atom is -0.495 e. The third kappa shape index (κ3) is 4.96. The van der Waals surface area contributed by atoms with Crippen LogP contribution in [0, 0.1) is 0 Å². The van der Waals surface area contributed by atoms with Crippen LogP contribution in [0.15, 0.2) is 18.2 Å². The van der Waals surface area contributed by atoms with Crippen LogP contribution in [0.5, 0.6) is 5.75 Å². The second-order valence-electron chi connectivity index (χ2n) is 5.96. The Labute approximate surface area is 137 Å². The number of carbonyl (C=O) groups excluding carboxylic acids is 2. The van der Waals surface area contributed by atoms with Crippen LogP contribution in [0.1, 0.15) is 33.1 Å². The summed E-state index contributed by atoms with van der Waals surface area (Å²) in [5.74, 6) is 0.339. The number of rotatable bonds is 5. The first kappa shape index (κ1) is 17.3. The van der Waals surface area contributed by atoms with Crippen molar-refractivity contribution >= 4 is 23.2 Å². The molecule has 1 aliphatic heterocycles. The molecule has 1 fully saturated rings. The highest BCUT2D eigenvalue weighted by Crippen LogP contribution is 2.28. The maximum Gasteiger partial charge on any atom is 0.238 e. The van der Waals surface area contributed by atoms with Crippen LogP contribution in [0.2, 0.25) is 0 Å². The largest absolute Gasteiger partial charge is 0.495 e. The number of nitrogens with zero attached hydrogens (tertiary/aromatic N) is 1. The number of piperidine rings is 1. The van der Waals surface area contributed by atoms with E-state index in [1.54, 1.807) is 25.3 Å². The summed E-state index contributed by atoms with van der Waals surface area (Å²) >= 11 is 0. The molecule has 0 saturated carbocycles. The number of likely N-dealkylation sites (tertiary alicyclic amines) is 1. The second-order valence-corrected chi connectivity index (χ2v) is 5.96. The van der Waals surface area contributed by atoms with Crippen molar-refractivity contribution < 1.29 is 14.3 Å². The summed E-state index contributed by atoms with van der Waals surface area (Å²) in [5, 5.41) is 5.59. The lowest BCUT2D eigenvalue weighted by Gasteiger charge is -2.32. The Hall–Kier alpha value is -2.08. The van der Waals surface area contributed by atoms with Crippen molar-refractivity contribution in [2.75, 3.05) is 30.8 Å². The van der Waals surface area contributed by atoms with E-state index in [2.05, 4.69) is 22.5 Å². The fraction of sp³-hybridized carbons (Fsp3) is 0.529. The monoisotopic (exact) mass is 319 g/mol. The number of nitrogens with one attached hydrogen (secondary N) is 2. The summed E-state index contributed by atoms with van der Waals surface area (Å²) in [7, 11) is 1.55. The van der Waals surface area contributed by atoms with E-state index in [4.69, 9.17) is 4.74 Å². The summed E-state index contributed by atoms with van der Waals surface area (Å²) in [4.78, 5) is 25.7. The summed E-state index contributed by atoms with van der Waals surface area (Å²) in [6.45, 7) is 4.93. The molecule has 1 saturated heterocycles. The molecule has 0 radical (unpaired) electrons. The molecule has 2 N–H and O–H groups in total. The number of ether oxygens (including phenoxy) is 1. The zero-order valence-corrected chi connectivity index (χ0v) is 14.0. The second kappa shape index (κ2) is 7.97. The molecule has 1 aromatic carbocycles. The van der Waals surface area contributed by atoms with E-state index >= 15 is 0 Å². The molecule has 0 bridgehead atoms. The Balaban J connectivity index is 2.04. The molecule has 0 unspecified atom stereocenters. The van der Waals surface area contributed by atoms with Gasteiger partial charge in [-0.25, -0.2) is 0 Å². The summed E-state index contributed by atoms with van der Waals surface area (Å²) < 4.78 is 5.28. The minimum atomic E-state index is -0.158. The molecule has 1 heterocycles. The fourth-order valence-corrected chi connectivity index (χ4v) is 2.85. The smallest absolute Gasteiger partial charge is 0.238 e. The predicted octanol–water partition coefficient (Wildman–Crippen LogP) is 2.47. The molecule has 1 atom stereocenters. The first-order valence-corrected chi connectivity index (χ1v) is 7.99. The average Bonchev–Trinajstić information content (AvgIpc) is 2.49. The highest BCUT2D eigenvalue weighted by atomic mass is 16.5. The van der Waals surface area contributed by atoms with E-state index in [0.717, 1.165) is 19.4 Å². The number of hydrogen-bond donors (Lipinski definition) is 2. The number of carbonyl (C=O) groups is 2. The summed E-state index contributed by atoms with van der Waals surface area (Å²) in [5.41, 5.74) is 1.19. The van der Waals surface area contributed by atoms with Gasteiger partial charge in [0.25, 0.3) is 0 Å².